The van der Waals surface area contributed by atoms with Gasteiger partial charge < -0.3 is 13.9 Å². The Bertz CT molecular complexity index is 847. The molecule has 0 amide bonds. The molecule has 6 heteroatoms. The number of fused-ring (bicyclic) bond motifs is 1. The van der Waals surface area contributed by atoms with Gasteiger partial charge in [0, 0.05) is 30.2 Å². The van der Waals surface area contributed by atoms with Crippen LogP contribution >= 0.6 is 0 Å². The lowest BCUT2D eigenvalue weighted by molar-refractivity contribution is 0.00578. The summed E-state index contributed by atoms with van der Waals surface area (Å²) in [6, 6.07) is 6.17. The van der Waals surface area contributed by atoms with Crippen LogP contribution in [0.25, 0.3) is 11.0 Å². The average molecular weight is 342 g/mol. The number of allylic oxidation sites excluding steroid dienone is 1. The number of aryl methyl sites for hydroxylation is 1. The molecule has 1 aliphatic carbocycles. The molecule has 4 rings (SSSR count). The smallest absolute Gasteiger partial charge is 0.398 e. The van der Waals surface area contributed by atoms with Crippen molar-refractivity contribution in [2.75, 3.05) is 0 Å². The minimum Gasteiger partial charge on any atom is -0.398 e. The Labute approximate surface area is 148 Å². The first-order valence-electron chi connectivity index (χ1n) is 8.83. The highest BCUT2D eigenvalue weighted by Crippen LogP contribution is 2.47. The van der Waals surface area contributed by atoms with E-state index in [1.165, 1.54) is 5.69 Å². The maximum Gasteiger partial charge on any atom is 0.525 e. The Kier molecular flexibility index (Phi) is 3.64. The van der Waals surface area contributed by atoms with E-state index < -0.39 is 18.3 Å². The Morgan fingerprint density at radius 1 is 1.24 bits per heavy atom. The van der Waals surface area contributed by atoms with Gasteiger partial charge in [0.1, 0.15) is 11.4 Å². The molecule has 1 saturated carbocycles. The number of hydrogen-bond acceptors (Lipinski definition) is 3. The summed E-state index contributed by atoms with van der Waals surface area (Å²) in [5.41, 5.74) is 1.72. The largest absolute Gasteiger partial charge is 0.525 e. The van der Waals surface area contributed by atoms with Crippen LogP contribution in [0.5, 0.6) is 0 Å². The van der Waals surface area contributed by atoms with E-state index in [0.29, 0.717) is 18.8 Å². The summed E-state index contributed by atoms with van der Waals surface area (Å²) in [4.78, 5) is 4.43. The monoisotopic (exact) mass is 342 g/mol. The summed E-state index contributed by atoms with van der Waals surface area (Å²) in [5.74, 6) is 0.322. The average Bonchev–Trinajstić information content (AvgIpc) is 2.92. The molecule has 1 aliphatic heterocycles. The predicted octanol–water partition coefficient (Wildman–Crippen LogP) is 4.31. The zero-order valence-electron chi connectivity index (χ0n) is 15.5. The van der Waals surface area contributed by atoms with Crippen molar-refractivity contribution in [3.05, 3.63) is 41.4 Å². The van der Waals surface area contributed by atoms with Gasteiger partial charge in [0.15, 0.2) is 0 Å². The maximum absolute atomic E-state index is 14.8. The topological polar surface area (TPSA) is 36.3 Å². The SMILES string of the molecule is Cn1c(C2CC(=C(F)B3OC(C)(C)C(C)(C)O3)C2)cc2cccnc21. The van der Waals surface area contributed by atoms with Crippen LogP contribution in [0, 0.1) is 0 Å². The Balaban J connectivity index is 1.53. The van der Waals surface area contributed by atoms with E-state index in [9.17, 15) is 4.39 Å². The lowest BCUT2D eigenvalue weighted by atomic mass is 9.71. The molecule has 3 heterocycles. The van der Waals surface area contributed by atoms with Crippen LogP contribution in [-0.2, 0) is 16.4 Å². The van der Waals surface area contributed by atoms with Crippen LogP contribution in [0.1, 0.15) is 52.1 Å². The predicted molar refractivity (Wildman–Crippen MR) is 96.9 cm³/mol. The highest BCUT2D eigenvalue weighted by atomic mass is 19.1. The third-order valence-corrected chi connectivity index (χ3v) is 6.03. The van der Waals surface area contributed by atoms with Crippen molar-refractivity contribution in [2.45, 2.75) is 57.7 Å². The van der Waals surface area contributed by atoms with E-state index in [-0.39, 0.29) is 5.73 Å². The van der Waals surface area contributed by atoms with Gasteiger partial charge in [0.05, 0.1) is 11.2 Å². The molecule has 2 aromatic rings. The van der Waals surface area contributed by atoms with E-state index in [4.69, 9.17) is 9.31 Å². The maximum atomic E-state index is 14.8. The highest BCUT2D eigenvalue weighted by molar-refractivity contribution is 6.53. The number of halogens is 1. The third kappa shape index (κ3) is 2.54. The summed E-state index contributed by atoms with van der Waals surface area (Å²) in [6.07, 6.45) is 3.22. The summed E-state index contributed by atoms with van der Waals surface area (Å²) in [5, 5.41) is 1.13. The molecule has 0 aromatic carbocycles. The lowest BCUT2D eigenvalue weighted by Crippen LogP contribution is -2.41. The minimum absolute atomic E-state index is 0.244. The Hall–Kier alpha value is -1.66. The van der Waals surface area contributed by atoms with Gasteiger partial charge in [0.25, 0.3) is 0 Å². The number of nitrogens with zero attached hydrogens (tertiary/aromatic N) is 2. The van der Waals surface area contributed by atoms with Gasteiger partial charge in [-0.3, -0.25) is 0 Å². The van der Waals surface area contributed by atoms with Crippen LogP contribution in [0.4, 0.5) is 4.39 Å². The van der Waals surface area contributed by atoms with Crippen LogP contribution in [0.3, 0.4) is 0 Å². The summed E-state index contributed by atoms with van der Waals surface area (Å²) in [6.45, 7) is 7.77. The van der Waals surface area contributed by atoms with Gasteiger partial charge in [-0.05, 0) is 64.3 Å². The molecule has 0 N–H and O–H groups in total. The fraction of sp³-hybridized carbons (Fsp3) is 0.526. The van der Waals surface area contributed by atoms with Gasteiger partial charge in [-0.25, -0.2) is 9.37 Å². The first kappa shape index (κ1) is 16.8. The second kappa shape index (κ2) is 5.42. The van der Waals surface area contributed by atoms with Crippen molar-refractivity contribution >= 4 is 18.2 Å². The van der Waals surface area contributed by atoms with Crippen molar-refractivity contribution in [3.63, 3.8) is 0 Å². The second-order valence-corrected chi connectivity index (χ2v) is 8.19. The molecule has 1 saturated heterocycles. The molecule has 0 spiro atoms. The third-order valence-electron chi connectivity index (χ3n) is 6.03. The molecular formula is C19H24BFN2O2. The Morgan fingerprint density at radius 3 is 2.48 bits per heavy atom. The van der Waals surface area contributed by atoms with Crippen LogP contribution in [0.2, 0.25) is 0 Å². The number of aromatic nitrogens is 2. The van der Waals surface area contributed by atoms with Gasteiger partial charge >= 0.3 is 7.12 Å². The molecule has 0 atom stereocenters. The van der Waals surface area contributed by atoms with Crippen molar-refractivity contribution in [3.8, 4) is 0 Å². The normalized spacial score (nSPS) is 24.6. The van der Waals surface area contributed by atoms with Crippen LogP contribution in [-0.4, -0.2) is 27.9 Å². The van der Waals surface area contributed by atoms with Gasteiger partial charge in [-0.2, -0.15) is 0 Å². The zero-order chi connectivity index (χ0) is 18.0. The highest BCUT2D eigenvalue weighted by Gasteiger charge is 2.54. The fourth-order valence-electron chi connectivity index (χ4n) is 3.62. The van der Waals surface area contributed by atoms with Gasteiger partial charge in [-0.15, -0.1) is 0 Å². The number of hydrogen-bond donors (Lipinski definition) is 0. The molecule has 4 nitrogen and oxygen atoms in total. The molecule has 0 radical (unpaired) electrons. The standard InChI is InChI=1S/C19H24BFN2O2/c1-18(2)19(3,4)25-20(24-18)16(21)14-9-13(10-14)15-11-12-7-6-8-22-17(12)23(15)5/h6-8,11,13H,9-10H2,1-5H3. The zero-order valence-corrected chi connectivity index (χ0v) is 15.5. The van der Waals surface area contributed by atoms with Gasteiger partial charge in [-0.1, -0.05) is 0 Å². The van der Waals surface area contributed by atoms with E-state index in [1.54, 1.807) is 6.20 Å². The van der Waals surface area contributed by atoms with Crippen molar-refractivity contribution in [1.82, 2.24) is 9.55 Å². The molecule has 0 bridgehead atoms. The van der Waals surface area contributed by atoms with Crippen molar-refractivity contribution < 1.29 is 13.7 Å². The van der Waals surface area contributed by atoms with E-state index >= 15 is 0 Å². The molecule has 2 aromatic heterocycles. The van der Waals surface area contributed by atoms with Crippen molar-refractivity contribution in [2.24, 2.45) is 7.05 Å². The summed E-state index contributed by atoms with van der Waals surface area (Å²) >= 11 is 0. The molecule has 132 valence electrons. The van der Waals surface area contributed by atoms with Crippen LogP contribution in [0.15, 0.2) is 35.7 Å². The quantitative estimate of drug-likeness (QED) is 0.763. The Morgan fingerprint density at radius 2 is 1.88 bits per heavy atom. The molecular weight excluding hydrogens is 318 g/mol. The van der Waals surface area contributed by atoms with E-state index in [0.717, 1.165) is 16.6 Å². The fourth-order valence-corrected chi connectivity index (χ4v) is 3.62. The minimum atomic E-state index is -0.880. The molecule has 25 heavy (non-hydrogen) atoms. The first-order chi connectivity index (χ1) is 11.7. The molecule has 2 aliphatic rings. The molecule has 0 unspecified atom stereocenters. The van der Waals surface area contributed by atoms with E-state index in [1.807, 2.05) is 40.8 Å². The number of pyridine rings is 1. The lowest BCUT2D eigenvalue weighted by Gasteiger charge is -2.32. The number of rotatable bonds is 2. The molecule has 2 fully saturated rings. The van der Waals surface area contributed by atoms with E-state index in [2.05, 4.69) is 21.7 Å². The van der Waals surface area contributed by atoms with Crippen molar-refractivity contribution in [1.29, 1.82) is 0 Å². The van der Waals surface area contributed by atoms with Gasteiger partial charge in [0.2, 0.25) is 0 Å². The second-order valence-electron chi connectivity index (χ2n) is 8.19. The van der Waals surface area contributed by atoms with Crippen LogP contribution < -0.4 is 0 Å². The summed E-state index contributed by atoms with van der Waals surface area (Å²) < 4.78 is 28.6. The summed E-state index contributed by atoms with van der Waals surface area (Å²) in [7, 11) is 1.15. The first-order valence-corrected chi connectivity index (χ1v) is 8.83.